The maximum atomic E-state index is 12.8. The number of nitrogens with zero attached hydrogens (tertiary/aromatic N) is 1. The molecule has 4 nitrogen and oxygen atoms in total. The molecule has 0 spiro atoms. The quantitative estimate of drug-likeness (QED) is 0.0957. The lowest BCUT2D eigenvalue weighted by Crippen LogP contribution is -2.45. The molecule has 0 heterocycles. The van der Waals surface area contributed by atoms with Crippen LogP contribution in [0, 0.1) is 0 Å². The van der Waals surface area contributed by atoms with E-state index in [9.17, 15) is 9.90 Å². The molecular formula is C31H63NO3. The molecule has 0 aliphatic carbocycles. The van der Waals surface area contributed by atoms with Crippen molar-refractivity contribution in [1.29, 1.82) is 0 Å². The van der Waals surface area contributed by atoms with Crippen LogP contribution in [0.4, 0.5) is 0 Å². The molecule has 2 atom stereocenters. The smallest absolute Gasteiger partial charge is 0.306 e. The summed E-state index contributed by atoms with van der Waals surface area (Å²) in [5, 5.41) is 11.9. The van der Waals surface area contributed by atoms with Gasteiger partial charge in [0.25, 0.3) is 0 Å². The highest BCUT2D eigenvalue weighted by Crippen LogP contribution is 2.32. The summed E-state index contributed by atoms with van der Waals surface area (Å²) in [4.78, 5) is 15.0. The molecule has 0 fully saturated rings. The zero-order chi connectivity index (χ0) is 26.2. The van der Waals surface area contributed by atoms with Gasteiger partial charge >= 0.3 is 5.97 Å². The minimum Gasteiger partial charge on any atom is -0.459 e. The van der Waals surface area contributed by atoms with Crippen LogP contribution in [0.15, 0.2) is 0 Å². The molecule has 4 heteroatoms. The maximum Gasteiger partial charge on any atom is 0.306 e. The van der Waals surface area contributed by atoms with Crippen molar-refractivity contribution in [1.82, 2.24) is 4.90 Å². The minimum absolute atomic E-state index is 0.116. The van der Waals surface area contributed by atoms with E-state index in [0.717, 1.165) is 70.8 Å². The number of ether oxygens (including phenoxy) is 1. The fraction of sp³-hybridized carbons (Fsp3) is 0.968. The Bertz CT molecular complexity index is 468. The fourth-order valence-corrected chi connectivity index (χ4v) is 4.98. The van der Waals surface area contributed by atoms with Crippen molar-refractivity contribution in [2.24, 2.45) is 0 Å². The number of aliphatic hydroxyl groups is 1. The van der Waals surface area contributed by atoms with Crippen LogP contribution < -0.4 is 0 Å². The minimum atomic E-state index is -0.874. The van der Waals surface area contributed by atoms with Crippen LogP contribution in [0.25, 0.3) is 0 Å². The first-order valence-corrected chi connectivity index (χ1v) is 15.5. The zero-order valence-corrected chi connectivity index (χ0v) is 24.6. The summed E-state index contributed by atoms with van der Waals surface area (Å²) >= 11 is 0. The summed E-state index contributed by atoms with van der Waals surface area (Å²) < 4.78 is 6.10. The van der Waals surface area contributed by atoms with E-state index < -0.39 is 5.60 Å². The van der Waals surface area contributed by atoms with E-state index in [1.165, 1.54) is 70.6 Å². The second-order valence-electron chi connectivity index (χ2n) is 11.2. The standard InChI is InChI=1S/C31H63NO3/c1-6-9-12-15-18-22-27-31(34,26-21-17-14-11-8-3)29(24-19-16-13-10-7-2)35-30(33)25-20-23-28-32(4)5/h29,34H,6-28H2,1-5H3. The van der Waals surface area contributed by atoms with Gasteiger partial charge in [0.1, 0.15) is 11.7 Å². The van der Waals surface area contributed by atoms with Crippen LogP contribution >= 0.6 is 0 Å². The van der Waals surface area contributed by atoms with Crippen LogP contribution in [0.1, 0.15) is 162 Å². The first-order chi connectivity index (χ1) is 16.9. The van der Waals surface area contributed by atoms with Gasteiger partial charge in [-0.05, 0) is 59.2 Å². The summed E-state index contributed by atoms with van der Waals surface area (Å²) in [6.45, 7) is 7.71. The average molecular weight is 498 g/mol. The Kier molecular flexibility index (Phi) is 23.4. The lowest BCUT2D eigenvalue weighted by Gasteiger charge is -2.36. The van der Waals surface area contributed by atoms with E-state index >= 15 is 0 Å². The van der Waals surface area contributed by atoms with Gasteiger partial charge in [-0.15, -0.1) is 0 Å². The maximum absolute atomic E-state index is 12.8. The molecule has 2 unspecified atom stereocenters. The Morgan fingerprint density at radius 3 is 1.63 bits per heavy atom. The molecule has 35 heavy (non-hydrogen) atoms. The molecule has 0 rings (SSSR count). The molecule has 0 bridgehead atoms. The third-order valence-electron chi connectivity index (χ3n) is 7.36. The molecule has 1 N–H and O–H groups in total. The number of hydrogen-bond acceptors (Lipinski definition) is 4. The van der Waals surface area contributed by atoms with Gasteiger partial charge in [0.15, 0.2) is 0 Å². The summed E-state index contributed by atoms with van der Waals surface area (Å²) in [6, 6.07) is 0. The van der Waals surface area contributed by atoms with Gasteiger partial charge in [-0.2, -0.15) is 0 Å². The number of carbonyl (C=O) groups excluding carboxylic acids is 1. The van der Waals surface area contributed by atoms with Crippen molar-refractivity contribution in [2.45, 2.75) is 174 Å². The van der Waals surface area contributed by atoms with Crippen molar-refractivity contribution >= 4 is 5.97 Å². The van der Waals surface area contributed by atoms with Gasteiger partial charge in [0.2, 0.25) is 0 Å². The van der Waals surface area contributed by atoms with Crippen LogP contribution in [0.3, 0.4) is 0 Å². The van der Waals surface area contributed by atoms with E-state index in [1.54, 1.807) is 0 Å². The number of hydrogen-bond donors (Lipinski definition) is 1. The first-order valence-electron chi connectivity index (χ1n) is 15.5. The molecule has 0 radical (unpaired) electrons. The summed E-state index contributed by atoms with van der Waals surface area (Å²) in [5.74, 6) is -0.116. The van der Waals surface area contributed by atoms with Crippen LogP contribution in [0.5, 0.6) is 0 Å². The van der Waals surface area contributed by atoms with E-state index in [0.29, 0.717) is 6.42 Å². The fourth-order valence-electron chi connectivity index (χ4n) is 4.98. The zero-order valence-electron chi connectivity index (χ0n) is 24.6. The second kappa shape index (κ2) is 23.8. The van der Waals surface area contributed by atoms with E-state index in [4.69, 9.17) is 4.74 Å². The molecule has 0 amide bonds. The van der Waals surface area contributed by atoms with Gasteiger partial charge in [0.05, 0.1) is 0 Å². The molecule has 0 saturated carbocycles. The van der Waals surface area contributed by atoms with Gasteiger partial charge in [-0.1, -0.05) is 117 Å². The normalized spacial score (nSPS) is 14.3. The number of unbranched alkanes of at least 4 members (excludes halogenated alkanes) is 14. The Morgan fingerprint density at radius 2 is 1.14 bits per heavy atom. The number of carbonyl (C=O) groups is 1. The van der Waals surface area contributed by atoms with Crippen LogP contribution in [-0.4, -0.2) is 48.3 Å². The third kappa shape index (κ3) is 20.2. The van der Waals surface area contributed by atoms with Crippen molar-refractivity contribution < 1.29 is 14.6 Å². The first kappa shape index (κ1) is 34.4. The SMILES string of the molecule is CCCCCCCCC(O)(CCCCCCC)C(CCCCCCC)OC(=O)CCCCN(C)C. The second-order valence-corrected chi connectivity index (χ2v) is 11.2. The van der Waals surface area contributed by atoms with Gasteiger partial charge in [-0.3, -0.25) is 4.79 Å². The van der Waals surface area contributed by atoms with E-state index in [2.05, 4.69) is 39.8 Å². The highest BCUT2D eigenvalue weighted by molar-refractivity contribution is 5.69. The molecule has 210 valence electrons. The van der Waals surface area contributed by atoms with Crippen molar-refractivity contribution in [3.8, 4) is 0 Å². The molecule has 0 aromatic carbocycles. The van der Waals surface area contributed by atoms with Crippen molar-refractivity contribution in [3.05, 3.63) is 0 Å². The summed E-state index contributed by atoms with van der Waals surface area (Å²) in [5.41, 5.74) is -0.874. The van der Waals surface area contributed by atoms with Gasteiger partial charge in [-0.25, -0.2) is 0 Å². The van der Waals surface area contributed by atoms with Crippen molar-refractivity contribution in [3.63, 3.8) is 0 Å². The Balaban J connectivity index is 5.10. The van der Waals surface area contributed by atoms with E-state index in [1.807, 2.05) is 0 Å². The predicted octanol–water partition coefficient (Wildman–Crippen LogP) is 8.83. The number of esters is 1. The lowest BCUT2D eigenvalue weighted by molar-refractivity contribution is -0.169. The molecular weight excluding hydrogens is 434 g/mol. The van der Waals surface area contributed by atoms with Gasteiger partial charge < -0.3 is 14.7 Å². The molecule has 0 aromatic heterocycles. The Hall–Kier alpha value is -0.610. The average Bonchev–Trinajstić information content (AvgIpc) is 2.83. The molecule has 0 aliphatic rings. The summed E-state index contributed by atoms with van der Waals surface area (Å²) in [6.07, 6.45) is 23.4. The van der Waals surface area contributed by atoms with Gasteiger partial charge in [0, 0.05) is 6.42 Å². The predicted molar refractivity (Wildman–Crippen MR) is 152 cm³/mol. The molecule has 0 saturated heterocycles. The summed E-state index contributed by atoms with van der Waals surface area (Å²) in [7, 11) is 4.13. The molecule has 0 aliphatic heterocycles. The number of rotatable bonds is 26. The highest BCUT2D eigenvalue weighted by Gasteiger charge is 2.38. The van der Waals surface area contributed by atoms with Crippen LogP contribution in [-0.2, 0) is 9.53 Å². The lowest BCUT2D eigenvalue weighted by atomic mass is 9.82. The third-order valence-corrected chi connectivity index (χ3v) is 7.36. The monoisotopic (exact) mass is 497 g/mol. The highest BCUT2D eigenvalue weighted by atomic mass is 16.6. The Labute approximate surface area is 220 Å². The Morgan fingerprint density at radius 1 is 0.686 bits per heavy atom. The topological polar surface area (TPSA) is 49.8 Å². The van der Waals surface area contributed by atoms with Crippen molar-refractivity contribution in [2.75, 3.05) is 20.6 Å². The largest absolute Gasteiger partial charge is 0.459 e. The van der Waals surface area contributed by atoms with Crippen LogP contribution in [0.2, 0.25) is 0 Å². The van der Waals surface area contributed by atoms with E-state index in [-0.39, 0.29) is 12.1 Å². The molecule has 0 aromatic rings.